The maximum absolute atomic E-state index is 11.8. The second-order valence-corrected chi connectivity index (χ2v) is 4.06. The van der Waals surface area contributed by atoms with E-state index in [0.29, 0.717) is 13.0 Å². The number of ether oxygens (including phenoxy) is 1. The Kier molecular flexibility index (Phi) is 4.15. The number of Topliss-reactive ketones (excluding diaryl/α,β-unsaturated/α-hetero) is 1. The molecule has 1 saturated heterocycles. The smallest absolute Gasteiger partial charge is 0.183 e. The lowest BCUT2D eigenvalue weighted by molar-refractivity contribution is -0.124. The normalized spacial score (nSPS) is 26.8. The predicted octanol–water partition coefficient (Wildman–Crippen LogP) is 1.22. The number of aliphatic imine (C=N–C) groups is 1. The van der Waals surface area contributed by atoms with E-state index in [4.69, 9.17) is 10.5 Å². The Balaban J connectivity index is 2.55. The first-order valence-corrected chi connectivity index (χ1v) is 5.25. The van der Waals surface area contributed by atoms with E-state index in [9.17, 15) is 4.79 Å². The highest BCUT2D eigenvalue weighted by molar-refractivity contribution is 5.93. The molecule has 4 heteroatoms. The minimum absolute atomic E-state index is 0.0354. The number of carbonyl (C=O) groups excluding carboxylic acids is 1. The average Bonchev–Trinajstić information content (AvgIpc) is 3.02. The summed E-state index contributed by atoms with van der Waals surface area (Å²) in [6.07, 6.45) is 5.79. The Morgan fingerprint density at radius 1 is 1.75 bits per heavy atom. The zero-order chi connectivity index (χ0) is 12.2. The van der Waals surface area contributed by atoms with Gasteiger partial charge in [-0.1, -0.05) is 6.08 Å². The van der Waals surface area contributed by atoms with Crippen molar-refractivity contribution in [2.75, 3.05) is 6.61 Å². The first-order chi connectivity index (χ1) is 7.53. The highest BCUT2D eigenvalue weighted by atomic mass is 16.6. The van der Waals surface area contributed by atoms with Crippen LogP contribution in [0.2, 0.25) is 0 Å². The van der Waals surface area contributed by atoms with Gasteiger partial charge >= 0.3 is 0 Å². The molecule has 2 atom stereocenters. The summed E-state index contributed by atoms with van der Waals surface area (Å²) in [5, 5.41) is 0. The third-order valence-electron chi connectivity index (χ3n) is 2.66. The summed E-state index contributed by atoms with van der Waals surface area (Å²) in [5.41, 5.74) is 6.17. The second-order valence-electron chi connectivity index (χ2n) is 4.06. The van der Waals surface area contributed by atoms with Gasteiger partial charge in [0, 0.05) is 6.20 Å². The van der Waals surface area contributed by atoms with Crippen LogP contribution in [0.5, 0.6) is 0 Å². The van der Waals surface area contributed by atoms with Gasteiger partial charge in [0.05, 0.1) is 12.6 Å². The summed E-state index contributed by atoms with van der Waals surface area (Å²) in [6.45, 7) is 7.50. The maximum Gasteiger partial charge on any atom is 0.183 e. The molecule has 88 valence electrons. The van der Waals surface area contributed by atoms with Crippen LogP contribution < -0.4 is 5.73 Å². The second kappa shape index (κ2) is 5.18. The number of carbonyl (C=O) groups is 1. The summed E-state index contributed by atoms with van der Waals surface area (Å²) in [5.74, 6) is -0.0354. The number of epoxide rings is 1. The Morgan fingerprint density at radius 2 is 2.38 bits per heavy atom. The van der Waals surface area contributed by atoms with Gasteiger partial charge in [-0.05, 0) is 38.6 Å². The average molecular weight is 222 g/mol. The van der Waals surface area contributed by atoms with E-state index in [1.807, 2.05) is 13.0 Å². The molecule has 0 aromatic rings. The Bertz CT molecular complexity index is 341. The van der Waals surface area contributed by atoms with E-state index >= 15 is 0 Å². The lowest BCUT2D eigenvalue weighted by atomic mass is 9.95. The van der Waals surface area contributed by atoms with Crippen LogP contribution >= 0.6 is 0 Å². The van der Waals surface area contributed by atoms with Crippen molar-refractivity contribution in [3.8, 4) is 0 Å². The molecule has 0 aliphatic carbocycles. The molecule has 4 nitrogen and oxygen atoms in total. The van der Waals surface area contributed by atoms with Gasteiger partial charge in [-0.15, -0.1) is 0 Å². The van der Waals surface area contributed by atoms with E-state index in [1.165, 1.54) is 0 Å². The van der Waals surface area contributed by atoms with Crippen LogP contribution in [0.1, 0.15) is 20.3 Å². The fraction of sp³-hybridized carbons (Fsp3) is 0.500. The van der Waals surface area contributed by atoms with Crippen LogP contribution in [0, 0.1) is 0 Å². The van der Waals surface area contributed by atoms with Crippen LogP contribution in [0.3, 0.4) is 0 Å². The molecule has 1 fully saturated rings. The number of rotatable bonds is 6. The zero-order valence-electron chi connectivity index (χ0n) is 9.77. The molecular formula is C12H18N2O2. The molecule has 0 aromatic heterocycles. The van der Waals surface area contributed by atoms with Crippen molar-refractivity contribution >= 4 is 12.5 Å². The molecule has 0 radical (unpaired) electrons. The molecule has 0 bridgehead atoms. The van der Waals surface area contributed by atoms with Crippen LogP contribution in [0.4, 0.5) is 0 Å². The van der Waals surface area contributed by atoms with E-state index in [-0.39, 0.29) is 5.78 Å². The van der Waals surface area contributed by atoms with Crippen molar-refractivity contribution in [2.24, 2.45) is 10.7 Å². The van der Waals surface area contributed by atoms with Gasteiger partial charge in [0.25, 0.3) is 0 Å². The molecule has 0 aromatic carbocycles. The zero-order valence-corrected chi connectivity index (χ0v) is 9.77. The molecule has 2 N–H and O–H groups in total. The molecule has 1 heterocycles. The quantitative estimate of drug-likeness (QED) is 0.417. The fourth-order valence-corrected chi connectivity index (χ4v) is 1.42. The monoisotopic (exact) mass is 222 g/mol. The van der Waals surface area contributed by atoms with Crippen molar-refractivity contribution < 1.29 is 9.53 Å². The molecule has 0 unspecified atom stereocenters. The Morgan fingerprint density at radius 3 is 2.81 bits per heavy atom. The first kappa shape index (κ1) is 12.8. The van der Waals surface area contributed by atoms with Crippen molar-refractivity contribution in [1.29, 1.82) is 0 Å². The van der Waals surface area contributed by atoms with Crippen molar-refractivity contribution in [2.45, 2.75) is 31.9 Å². The number of hydrogen-bond donors (Lipinski definition) is 1. The van der Waals surface area contributed by atoms with E-state index < -0.39 is 11.6 Å². The fourth-order valence-electron chi connectivity index (χ4n) is 1.42. The lowest BCUT2D eigenvalue weighted by Crippen LogP contribution is -2.39. The minimum atomic E-state index is -0.640. The molecule has 0 amide bonds. The molecular weight excluding hydrogens is 204 g/mol. The van der Waals surface area contributed by atoms with Gasteiger partial charge in [-0.2, -0.15) is 0 Å². The number of ketones is 1. The third-order valence-corrected chi connectivity index (χ3v) is 2.66. The SMILES string of the molecule is C=N/C=C\C(=C/C)C[C@H](N)C(=O)[C@@]1(C)CO1. The molecule has 1 aliphatic heterocycles. The molecule has 0 spiro atoms. The number of hydrogen-bond acceptors (Lipinski definition) is 4. The highest BCUT2D eigenvalue weighted by Gasteiger charge is 2.48. The summed E-state index contributed by atoms with van der Waals surface area (Å²) >= 11 is 0. The van der Waals surface area contributed by atoms with Gasteiger partial charge in [-0.3, -0.25) is 9.79 Å². The summed E-state index contributed by atoms with van der Waals surface area (Å²) in [4.78, 5) is 15.4. The Hall–Kier alpha value is -1.26. The van der Waals surface area contributed by atoms with Gasteiger partial charge in [0.1, 0.15) is 5.60 Å². The molecule has 16 heavy (non-hydrogen) atoms. The predicted molar refractivity (Wildman–Crippen MR) is 64.4 cm³/mol. The standard InChI is InChI=1S/C12H18N2O2/c1-4-9(5-6-14-3)7-10(13)11(15)12(2)8-16-12/h4-6,10H,3,7-8,13H2,1-2H3/b6-5-,9-4+/t10-,12+/m0/s1. The molecule has 1 rings (SSSR count). The van der Waals surface area contributed by atoms with Crippen molar-refractivity contribution in [1.82, 2.24) is 0 Å². The van der Waals surface area contributed by atoms with Gasteiger partial charge in [0.15, 0.2) is 5.78 Å². The van der Waals surface area contributed by atoms with Crippen LogP contribution in [-0.4, -0.2) is 30.8 Å². The van der Waals surface area contributed by atoms with Crippen LogP contribution in [0.25, 0.3) is 0 Å². The molecule has 0 saturated carbocycles. The van der Waals surface area contributed by atoms with Crippen molar-refractivity contribution in [3.05, 3.63) is 23.9 Å². The topological polar surface area (TPSA) is 68.0 Å². The first-order valence-electron chi connectivity index (χ1n) is 5.25. The number of nitrogens with zero attached hydrogens (tertiary/aromatic N) is 1. The summed E-state index contributed by atoms with van der Waals surface area (Å²) < 4.78 is 5.08. The van der Waals surface area contributed by atoms with E-state index in [2.05, 4.69) is 11.7 Å². The van der Waals surface area contributed by atoms with Crippen molar-refractivity contribution in [3.63, 3.8) is 0 Å². The minimum Gasteiger partial charge on any atom is -0.362 e. The summed E-state index contributed by atoms with van der Waals surface area (Å²) in [6, 6.07) is -0.520. The third kappa shape index (κ3) is 3.12. The van der Waals surface area contributed by atoms with E-state index in [1.54, 1.807) is 19.2 Å². The van der Waals surface area contributed by atoms with Gasteiger partial charge in [-0.25, -0.2) is 0 Å². The maximum atomic E-state index is 11.8. The van der Waals surface area contributed by atoms with Gasteiger partial charge < -0.3 is 10.5 Å². The Labute approximate surface area is 95.9 Å². The van der Waals surface area contributed by atoms with Gasteiger partial charge in [0.2, 0.25) is 0 Å². The number of allylic oxidation sites excluding steroid dienone is 2. The highest BCUT2D eigenvalue weighted by Crippen LogP contribution is 2.29. The van der Waals surface area contributed by atoms with Crippen LogP contribution in [0.15, 0.2) is 28.9 Å². The summed E-state index contributed by atoms with van der Waals surface area (Å²) in [7, 11) is 0. The van der Waals surface area contributed by atoms with E-state index in [0.717, 1.165) is 5.57 Å². The number of nitrogens with two attached hydrogens (primary N) is 1. The largest absolute Gasteiger partial charge is 0.362 e. The lowest BCUT2D eigenvalue weighted by Gasteiger charge is -2.13. The van der Waals surface area contributed by atoms with Crippen LogP contribution in [-0.2, 0) is 9.53 Å². The molecule has 1 aliphatic rings.